The van der Waals surface area contributed by atoms with Crippen LogP contribution < -0.4 is 5.32 Å². The van der Waals surface area contributed by atoms with Gasteiger partial charge in [-0.3, -0.25) is 9.59 Å². The summed E-state index contributed by atoms with van der Waals surface area (Å²) >= 11 is 12.0. The second kappa shape index (κ2) is 9.49. The Morgan fingerprint density at radius 1 is 1.06 bits per heavy atom. The van der Waals surface area contributed by atoms with Crippen molar-refractivity contribution in [3.8, 4) is 0 Å². The van der Waals surface area contributed by atoms with Gasteiger partial charge in [0.2, 0.25) is 5.91 Å². The molecule has 2 atom stereocenters. The molecule has 9 heteroatoms. The summed E-state index contributed by atoms with van der Waals surface area (Å²) in [5, 5.41) is 12.2. The number of hydrogen-bond acceptors (Lipinski definition) is 2. The van der Waals surface area contributed by atoms with Gasteiger partial charge >= 0.3 is 12.1 Å². The molecule has 31 heavy (non-hydrogen) atoms. The number of halogens is 5. The number of anilines is 1. The zero-order chi connectivity index (χ0) is 22.8. The molecular weight excluding hydrogens is 454 g/mol. The van der Waals surface area contributed by atoms with E-state index >= 15 is 0 Å². The van der Waals surface area contributed by atoms with Crippen molar-refractivity contribution in [2.24, 2.45) is 5.92 Å². The van der Waals surface area contributed by atoms with E-state index in [-0.39, 0.29) is 34.5 Å². The van der Waals surface area contributed by atoms with Gasteiger partial charge in [0.15, 0.2) is 0 Å². The average Bonchev–Trinajstić information content (AvgIpc) is 3.51. The van der Waals surface area contributed by atoms with Crippen molar-refractivity contribution in [2.45, 2.75) is 43.7 Å². The highest BCUT2D eigenvalue weighted by Gasteiger charge is 2.37. The van der Waals surface area contributed by atoms with Crippen LogP contribution in [0.1, 0.15) is 48.6 Å². The molecule has 4 nitrogen and oxygen atoms in total. The van der Waals surface area contributed by atoms with Gasteiger partial charge in [-0.1, -0.05) is 41.4 Å². The van der Waals surface area contributed by atoms with Crippen LogP contribution in [-0.4, -0.2) is 23.2 Å². The lowest BCUT2D eigenvalue weighted by Gasteiger charge is -2.21. The summed E-state index contributed by atoms with van der Waals surface area (Å²) in [6.45, 7) is 0. The number of rotatable bonds is 8. The minimum Gasteiger partial charge on any atom is -0.481 e. The molecule has 0 bridgehead atoms. The number of carboxylic acid groups (broad SMARTS) is 1. The highest BCUT2D eigenvalue weighted by atomic mass is 35.5. The van der Waals surface area contributed by atoms with E-state index in [4.69, 9.17) is 23.2 Å². The van der Waals surface area contributed by atoms with Gasteiger partial charge in [-0.2, -0.15) is 13.2 Å². The van der Waals surface area contributed by atoms with Crippen molar-refractivity contribution in [1.82, 2.24) is 0 Å². The first kappa shape index (κ1) is 23.4. The smallest absolute Gasteiger partial charge is 0.390 e. The van der Waals surface area contributed by atoms with Crippen molar-refractivity contribution in [1.29, 1.82) is 0 Å². The molecule has 0 radical (unpaired) electrons. The van der Waals surface area contributed by atoms with Gasteiger partial charge in [0.25, 0.3) is 0 Å². The summed E-state index contributed by atoms with van der Waals surface area (Å²) < 4.78 is 39.4. The van der Waals surface area contributed by atoms with E-state index < -0.39 is 30.4 Å². The quantitative estimate of drug-likeness (QED) is 0.451. The number of amides is 1. The topological polar surface area (TPSA) is 66.4 Å². The third-order valence-corrected chi connectivity index (χ3v) is 5.87. The molecule has 3 rings (SSSR count). The van der Waals surface area contributed by atoms with Crippen LogP contribution in [0.4, 0.5) is 18.9 Å². The van der Waals surface area contributed by atoms with Gasteiger partial charge < -0.3 is 10.4 Å². The van der Waals surface area contributed by atoms with Crippen LogP contribution in [0.3, 0.4) is 0 Å². The third-order valence-electron chi connectivity index (χ3n) is 5.29. The van der Waals surface area contributed by atoms with Crippen molar-refractivity contribution >= 4 is 40.8 Å². The van der Waals surface area contributed by atoms with Gasteiger partial charge in [0.05, 0.1) is 29.5 Å². The largest absolute Gasteiger partial charge is 0.481 e. The first-order chi connectivity index (χ1) is 14.5. The zero-order valence-corrected chi connectivity index (χ0v) is 17.8. The number of benzene rings is 2. The maximum atomic E-state index is 13.1. The fourth-order valence-corrected chi connectivity index (χ4v) is 3.91. The molecular formula is C22H20Cl2F3NO3. The SMILES string of the molecule is O=C(O)CC(c1ccc(Cl)c(NC(=O)C(CC(F)(F)F)c2ccc(Cl)cc2)c1)C1CC1. The van der Waals surface area contributed by atoms with E-state index in [1.165, 1.54) is 30.3 Å². The van der Waals surface area contributed by atoms with E-state index in [1.54, 1.807) is 12.1 Å². The molecule has 2 aromatic carbocycles. The van der Waals surface area contributed by atoms with Crippen LogP contribution in [0.15, 0.2) is 42.5 Å². The van der Waals surface area contributed by atoms with Gasteiger partial charge in [-0.15, -0.1) is 0 Å². The Labute approximate surface area is 187 Å². The van der Waals surface area contributed by atoms with Crippen LogP contribution in [0.5, 0.6) is 0 Å². The Morgan fingerprint density at radius 3 is 2.23 bits per heavy atom. The summed E-state index contributed by atoms with van der Waals surface area (Å²) in [6.07, 6.45) is -4.16. The first-order valence-electron chi connectivity index (χ1n) is 9.68. The fraction of sp³-hybridized carbons (Fsp3) is 0.364. The standard InChI is InChI=1S/C22H20Cl2F3NO3/c23-15-6-3-13(4-7-15)17(11-22(25,26)27)21(31)28-19-9-14(5-8-18(19)24)16(10-20(29)30)12-1-2-12/h3-9,12,16-17H,1-2,10-11H2,(H,28,31)(H,29,30). The van der Waals surface area contributed by atoms with E-state index in [0.717, 1.165) is 12.8 Å². The monoisotopic (exact) mass is 473 g/mol. The molecule has 0 aromatic heterocycles. The molecule has 2 unspecified atom stereocenters. The van der Waals surface area contributed by atoms with E-state index in [0.29, 0.717) is 10.6 Å². The van der Waals surface area contributed by atoms with Crippen molar-refractivity contribution in [3.05, 3.63) is 63.6 Å². The molecule has 1 saturated carbocycles. The Balaban J connectivity index is 1.87. The van der Waals surface area contributed by atoms with Gasteiger partial charge in [-0.05, 0) is 60.1 Å². The predicted octanol–water partition coefficient (Wildman–Crippen LogP) is 6.64. The lowest BCUT2D eigenvalue weighted by molar-refractivity contribution is -0.146. The maximum absolute atomic E-state index is 13.1. The molecule has 1 amide bonds. The minimum atomic E-state index is -4.56. The predicted molar refractivity (Wildman–Crippen MR) is 113 cm³/mol. The van der Waals surface area contributed by atoms with E-state index in [9.17, 15) is 27.9 Å². The Kier molecular flexibility index (Phi) is 7.17. The molecule has 0 heterocycles. The molecule has 2 aromatic rings. The normalized spacial score (nSPS) is 15.9. The van der Waals surface area contributed by atoms with Gasteiger partial charge in [0, 0.05) is 5.02 Å². The Morgan fingerprint density at radius 2 is 1.68 bits per heavy atom. The molecule has 1 aliphatic rings. The summed E-state index contributed by atoms with van der Waals surface area (Å²) in [5.41, 5.74) is 1.01. The number of aliphatic carboxylic acids is 1. The van der Waals surface area contributed by atoms with Gasteiger partial charge in [-0.25, -0.2) is 0 Å². The molecule has 166 valence electrons. The van der Waals surface area contributed by atoms with Crippen LogP contribution in [-0.2, 0) is 9.59 Å². The van der Waals surface area contributed by atoms with Crippen LogP contribution >= 0.6 is 23.2 Å². The lowest BCUT2D eigenvalue weighted by Crippen LogP contribution is -2.26. The molecule has 1 fully saturated rings. The zero-order valence-electron chi connectivity index (χ0n) is 16.3. The van der Waals surface area contributed by atoms with Crippen molar-refractivity contribution in [3.63, 3.8) is 0 Å². The lowest BCUT2D eigenvalue weighted by atomic mass is 9.90. The Hall–Kier alpha value is -2.25. The van der Waals surface area contributed by atoms with Crippen LogP contribution in [0.2, 0.25) is 10.0 Å². The van der Waals surface area contributed by atoms with Crippen LogP contribution in [0.25, 0.3) is 0 Å². The van der Waals surface area contributed by atoms with E-state index in [2.05, 4.69) is 5.32 Å². The van der Waals surface area contributed by atoms with E-state index in [1.807, 2.05) is 0 Å². The third kappa shape index (κ3) is 6.61. The number of carbonyl (C=O) groups is 2. The average molecular weight is 474 g/mol. The molecule has 0 spiro atoms. The molecule has 1 aliphatic carbocycles. The molecule has 2 N–H and O–H groups in total. The summed E-state index contributed by atoms with van der Waals surface area (Å²) in [7, 11) is 0. The summed E-state index contributed by atoms with van der Waals surface area (Å²) in [4.78, 5) is 24.1. The second-order valence-corrected chi connectivity index (χ2v) is 8.54. The number of carbonyl (C=O) groups excluding carboxylic acids is 1. The summed E-state index contributed by atoms with van der Waals surface area (Å²) in [6, 6.07) is 10.4. The van der Waals surface area contributed by atoms with Crippen molar-refractivity contribution < 1.29 is 27.9 Å². The number of alkyl halides is 3. The van der Waals surface area contributed by atoms with Crippen LogP contribution in [0, 0.1) is 5.92 Å². The van der Waals surface area contributed by atoms with Gasteiger partial charge in [0.1, 0.15) is 0 Å². The second-order valence-electron chi connectivity index (χ2n) is 7.69. The fourth-order valence-electron chi connectivity index (χ4n) is 3.62. The number of hydrogen-bond donors (Lipinski definition) is 2. The highest BCUT2D eigenvalue weighted by molar-refractivity contribution is 6.33. The summed E-state index contributed by atoms with van der Waals surface area (Å²) in [5.74, 6) is -3.30. The Bertz CT molecular complexity index is 959. The first-order valence-corrected chi connectivity index (χ1v) is 10.4. The minimum absolute atomic E-state index is 0.0683. The highest BCUT2D eigenvalue weighted by Crippen LogP contribution is 2.45. The number of nitrogens with one attached hydrogen (secondary N) is 1. The number of carboxylic acids is 1. The molecule has 0 aliphatic heterocycles. The molecule has 0 saturated heterocycles. The maximum Gasteiger partial charge on any atom is 0.390 e. The van der Waals surface area contributed by atoms with Crippen molar-refractivity contribution in [2.75, 3.05) is 5.32 Å².